The van der Waals surface area contributed by atoms with Gasteiger partial charge in [-0.15, -0.1) is 0 Å². The van der Waals surface area contributed by atoms with E-state index in [-0.39, 0.29) is 0 Å². The Labute approximate surface area is 163 Å². The van der Waals surface area contributed by atoms with Crippen LogP contribution in [0.25, 0.3) is 0 Å². The Morgan fingerprint density at radius 3 is 2.31 bits per heavy atom. The van der Waals surface area contributed by atoms with E-state index >= 15 is 0 Å². The number of para-hydroxylation sites is 2. The highest BCUT2D eigenvalue weighted by Crippen LogP contribution is 2.31. The largest absolute Gasteiger partial charge is 0.495 e. The van der Waals surface area contributed by atoms with Crippen molar-refractivity contribution in [2.45, 2.75) is 18.7 Å². The summed E-state index contributed by atoms with van der Waals surface area (Å²) < 4.78 is 34.0. The summed E-state index contributed by atoms with van der Waals surface area (Å²) >= 11 is 3.45. The number of ether oxygens (including phenoxy) is 1. The first-order valence-corrected chi connectivity index (χ1v) is 10.7. The normalized spacial score (nSPS) is 15.9. The summed E-state index contributed by atoms with van der Waals surface area (Å²) in [6, 6.07) is 11.4. The van der Waals surface area contributed by atoms with Gasteiger partial charge >= 0.3 is 0 Å². The molecule has 5 nitrogen and oxygen atoms in total. The van der Waals surface area contributed by atoms with Crippen molar-refractivity contribution in [3.8, 4) is 5.75 Å². The summed E-state index contributed by atoms with van der Waals surface area (Å²) in [5.41, 5.74) is 2.81. The molecule has 0 amide bonds. The number of benzene rings is 2. The first-order valence-electron chi connectivity index (χ1n) is 8.49. The number of aryl methyl sites for hydroxylation is 2. The maximum absolute atomic E-state index is 13.1. The molecule has 0 unspecified atom stereocenters. The molecule has 140 valence electrons. The van der Waals surface area contributed by atoms with Crippen LogP contribution in [-0.2, 0) is 10.0 Å². The zero-order chi connectivity index (χ0) is 18.9. The fraction of sp³-hybridized carbons (Fsp3) is 0.368. The van der Waals surface area contributed by atoms with Gasteiger partial charge in [-0.25, -0.2) is 8.42 Å². The molecule has 0 aromatic heterocycles. The van der Waals surface area contributed by atoms with Gasteiger partial charge in [-0.1, -0.05) is 34.1 Å². The van der Waals surface area contributed by atoms with Crippen molar-refractivity contribution >= 4 is 31.6 Å². The van der Waals surface area contributed by atoms with Crippen LogP contribution >= 0.6 is 15.9 Å². The van der Waals surface area contributed by atoms with Crippen LogP contribution in [0, 0.1) is 13.8 Å². The average molecular weight is 439 g/mol. The van der Waals surface area contributed by atoms with Gasteiger partial charge < -0.3 is 9.64 Å². The molecule has 1 fully saturated rings. The summed E-state index contributed by atoms with van der Waals surface area (Å²) in [5, 5.41) is 0. The maximum atomic E-state index is 13.1. The van der Waals surface area contributed by atoms with E-state index in [0.717, 1.165) is 27.0 Å². The van der Waals surface area contributed by atoms with Gasteiger partial charge in [0, 0.05) is 30.7 Å². The molecule has 0 aliphatic carbocycles. The molecular weight excluding hydrogens is 416 g/mol. The molecule has 0 saturated carbocycles. The van der Waals surface area contributed by atoms with Gasteiger partial charge in [-0.05, 0) is 43.2 Å². The van der Waals surface area contributed by atoms with Gasteiger partial charge in [0.25, 0.3) is 0 Å². The Morgan fingerprint density at radius 1 is 1.00 bits per heavy atom. The number of piperazine rings is 1. The number of hydrogen-bond donors (Lipinski definition) is 0. The second-order valence-electron chi connectivity index (χ2n) is 6.43. The summed E-state index contributed by atoms with van der Waals surface area (Å²) in [5.74, 6) is 0.808. The van der Waals surface area contributed by atoms with Gasteiger partial charge in [-0.2, -0.15) is 4.31 Å². The van der Waals surface area contributed by atoms with Crippen molar-refractivity contribution in [3.05, 3.63) is 52.0 Å². The van der Waals surface area contributed by atoms with Crippen LogP contribution < -0.4 is 9.64 Å². The zero-order valence-corrected chi connectivity index (χ0v) is 17.6. The minimum absolute atomic E-state index is 0.376. The van der Waals surface area contributed by atoms with E-state index in [4.69, 9.17) is 4.74 Å². The van der Waals surface area contributed by atoms with Crippen molar-refractivity contribution < 1.29 is 13.2 Å². The first kappa shape index (κ1) is 19.2. The van der Waals surface area contributed by atoms with Crippen molar-refractivity contribution in [2.24, 2.45) is 0 Å². The first-order chi connectivity index (χ1) is 12.3. The highest BCUT2D eigenvalue weighted by molar-refractivity contribution is 9.10. The van der Waals surface area contributed by atoms with Gasteiger partial charge in [0.2, 0.25) is 10.0 Å². The Balaban J connectivity index is 1.80. The van der Waals surface area contributed by atoms with Crippen LogP contribution in [0.15, 0.2) is 45.8 Å². The Kier molecular flexibility index (Phi) is 5.60. The van der Waals surface area contributed by atoms with Gasteiger partial charge in [0.15, 0.2) is 0 Å². The molecule has 7 heteroatoms. The highest BCUT2D eigenvalue weighted by Gasteiger charge is 2.30. The van der Waals surface area contributed by atoms with E-state index in [1.54, 1.807) is 17.5 Å². The van der Waals surface area contributed by atoms with E-state index in [0.29, 0.717) is 31.1 Å². The zero-order valence-electron chi connectivity index (χ0n) is 15.2. The molecule has 2 aromatic rings. The number of anilines is 1. The monoisotopic (exact) mass is 438 g/mol. The van der Waals surface area contributed by atoms with Gasteiger partial charge in [0.1, 0.15) is 5.75 Å². The third-order valence-electron chi connectivity index (χ3n) is 4.74. The van der Waals surface area contributed by atoms with E-state index in [2.05, 4.69) is 20.8 Å². The lowest BCUT2D eigenvalue weighted by atomic mass is 10.2. The number of hydrogen-bond acceptors (Lipinski definition) is 4. The van der Waals surface area contributed by atoms with Crippen LogP contribution in [0.4, 0.5) is 5.69 Å². The molecule has 0 atom stereocenters. The molecule has 0 N–H and O–H groups in total. The smallest absolute Gasteiger partial charge is 0.243 e. The average Bonchev–Trinajstić information content (AvgIpc) is 2.64. The molecular formula is C19H23BrN2O3S. The van der Waals surface area contributed by atoms with Crippen LogP contribution in [0.1, 0.15) is 11.1 Å². The van der Waals surface area contributed by atoms with Crippen molar-refractivity contribution in [1.29, 1.82) is 0 Å². The Morgan fingerprint density at radius 2 is 1.65 bits per heavy atom. The SMILES string of the molecule is COc1ccccc1N1CCN(S(=O)(=O)c2cc(Br)c(C)cc2C)CC1. The lowest BCUT2D eigenvalue weighted by molar-refractivity contribution is 0.378. The van der Waals surface area contributed by atoms with Gasteiger partial charge in [-0.3, -0.25) is 0 Å². The second kappa shape index (κ2) is 7.58. The molecule has 2 aromatic carbocycles. The fourth-order valence-electron chi connectivity index (χ4n) is 3.28. The number of methoxy groups -OCH3 is 1. The number of rotatable bonds is 4. The summed E-state index contributed by atoms with van der Waals surface area (Å²) in [6.45, 7) is 5.96. The molecule has 26 heavy (non-hydrogen) atoms. The van der Waals surface area contributed by atoms with Crippen LogP contribution in [0.5, 0.6) is 5.75 Å². The Hall–Kier alpha value is -1.57. The van der Waals surface area contributed by atoms with Crippen LogP contribution in [0.2, 0.25) is 0 Å². The molecule has 0 spiro atoms. The molecule has 1 heterocycles. The fourth-order valence-corrected chi connectivity index (χ4v) is 5.43. The topological polar surface area (TPSA) is 49.9 Å². The molecule has 3 rings (SSSR count). The van der Waals surface area contributed by atoms with E-state index in [1.165, 1.54) is 0 Å². The summed E-state index contributed by atoms with van der Waals surface area (Å²) in [6.07, 6.45) is 0. The Bertz CT molecular complexity index is 907. The lowest BCUT2D eigenvalue weighted by Gasteiger charge is -2.36. The third-order valence-corrected chi connectivity index (χ3v) is 7.63. The molecule has 1 aliphatic heterocycles. The number of halogens is 1. The minimum Gasteiger partial charge on any atom is -0.495 e. The molecule has 0 bridgehead atoms. The van der Waals surface area contributed by atoms with E-state index in [9.17, 15) is 8.42 Å². The van der Waals surface area contributed by atoms with Crippen LogP contribution in [0.3, 0.4) is 0 Å². The van der Waals surface area contributed by atoms with Crippen molar-refractivity contribution in [3.63, 3.8) is 0 Å². The standard InChI is InChI=1S/C19H23BrN2O3S/c1-14-12-15(2)19(13-16(14)20)26(23,24)22-10-8-21(9-11-22)17-6-4-5-7-18(17)25-3/h4-7,12-13H,8-11H2,1-3H3. The predicted molar refractivity (Wildman–Crippen MR) is 108 cm³/mol. The van der Waals surface area contributed by atoms with Crippen LogP contribution in [-0.4, -0.2) is 46.0 Å². The predicted octanol–water partition coefficient (Wildman–Crippen LogP) is 3.59. The number of nitrogens with zero attached hydrogens (tertiary/aromatic N) is 2. The molecule has 0 radical (unpaired) electrons. The maximum Gasteiger partial charge on any atom is 0.243 e. The van der Waals surface area contributed by atoms with Crippen molar-refractivity contribution in [2.75, 3.05) is 38.2 Å². The lowest BCUT2D eigenvalue weighted by Crippen LogP contribution is -2.48. The molecule has 1 aliphatic rings. The minimum atomic E-state index is -3.51. The summed E-state index contributed by atoms with van der Waals surface area (Å²) in [7, 11) is -1.86. The second-order valence-corrected chi connectivity index (χ2v) is 9.19. The summed E-state index contributed by atoms with van der Waals surface area (Å²) in [4.78, 5) is 2.55. The quantitative estimate of drug-likeness (QED) is 0.731. The van der Waals surface area contributed by atoms with Crippen molar-refractivity contribution in [1.82, 2.24) is 4.31 Å². The number of sulfonamides is 1. The molecule has 1 saturated heterocycles. The highest BCUT2D eigenvalue weighted by atomic mass is 79.9. The van der Waals surface area contributed by atoms with E-state index < -0.39 is 10.0 Å². The van der Waals surface area contributed by atoms with Gasteiger partial charge in [0.05, 0.1) is 17.7 Å². The third kappa shape index (κ3) is 3.61. The van der Waals surface area contributed by atoms with E-state index in [1.807, 2.05) is 44.2 Å².